The summed E-state index contributed by atoms with van der Waals surface area (Å²) in [6, 6.07) is 2.11. The molecule has 2 aromatic rings. The monoisotopic (exact) mass is 431 g/mol. The first kappa shape index (κ1) is 21.4. The molecule has 1 saturated heterocycles. The van der Waals surface area contributed by atoms with Crippen LogP contribution in [-0.4, -0.2) is 55.2 Å². The van der Waals surface area contributed by atoms with Gasteiger partial charge in [0.15, 0.2) is 10.9 Å². The minimum atomic E-state index is -0.686. The summed E-state index contributed by atoms with van der Waals surface area (Å²) < 4.78 is 33.4. The van der Waals surface area contributed by atoms with E-state index in [0.29, 0.717) is 36.1 Å². The number of amides is 1. The summed E-state index contributed by atoms with van der Waals surface area (Å²) in [5, 5.41) is 0.458. The van der Waals surface area contributed by atoms with Gasteiger partial charge >= 0.3 is 0 Å². The highest BCUT2D eigenvalue weighted by Crippen LogP contribution is 2.34. The van der Waals surface area contributed by atoms with E-state index in [4.69, 9.17) is 4.74 Å². The number of carbonyl (C=O) groups is 1. The summed E-state index contributed by atoms with van der Waals surface area (Å²) in [6.07, 6.45) is 3.91. The first-order valence-electron chi connectivity index (χ1n) is 9.49. The second-order valence-electron chi connectivity index (χ2n) is 7.16. The van der Waals surface area contributed by atoms with Crippen LogP contribution in [0.2, 0.25) is 0 Å². The second kappa shape index (κ2) is 9.43. The molecule has 0 bridgehead atoms. The van der Waals surface area contributed by atoms with E-state index >= 15 is 0 Å². The molecule has 2 aliphatic rings. The lowest BCUT2D eigenvalue weighted by atomic mass is 10.1. The zero-order valence-corrected chi connectivity index (χ0v) is 17.2. The third-order valence-corrected chi connectivity index (χ3v) is 6.37. The fourth-order valence-electron chi connectivity index (χ4n) is 3.82. The van der Waals surface area contributed by atoms with Gasteiger partial charge in [-0.2, -0.15) is 0 Å². The van der Waals surface area contributed by atoms with E-state index in [1.165, 1.54) is 17.4 Å². The van der Waals surface area contributed by atoms with Crippen molar-refractivity contribution in [2.75, 3.05) is 44.3 Å². The Labute approximate surface area is 173 Å². The van der Waals surface area contributed by atoms with Crippen molar-refractivity contribution in [3.8, 4) is 0 Å². The number of carbonyl (C=O) groups excluding carboxylic acids is 1. The number of hydrogen-bond donors (Lipinski definition) is 0. The predicted octanol–water partition coefficient (Wildman–Crippen LogP) is 3.85. The molecule has 5 nitrogen and oxygen atoms in total. The van der Waals surface area contributed by atoms with Gasteiger partial charge in [-0.3, -0.25) is 14.6 Å². The fourth-order valence-corrected chi connectivity index (χ4v) is 4.86. The SMILES string of the molecule is Cl.O=C(C1CCCC1)N(CCN1CCOCC1)c1nc2c(F)cc(F)cc2s1. The number of hydrogen-bond acceptors (Lipinski definition) is 5. The summed E-state index contributed by atoms with van der Waals surface area (Å²) in [4.78, 5) is 21.4. The van der Waals surface area contributed by atoms with Crippen molar-refractivity contribution in [2.24, 2.45) is 5.92 Å². The van der Waals surface area contributed by atoms with E-state index in [2.05, 4.69) is 9.88 Å². The average molecular weight is 432 g/mol. The van der Waals surface area contributed by atoms with Gasteiger partial charge in [0.1, 0.15) is 11.3 Å². The Bertz CT molecular complexity index is 823. The molecule has 0 atom stereocenters. The number of anilines is 1. The van der Waals surface area contributed by atoms with Crippen molar-refractivity contribution in [3.63, 3.8) is 0 Å². The van der Waals surface area contributed by atoms with Gasteiger partial charge in [-0.25, -0.2) is 13.8 Å². The molecule has 154 valence electrons. The molecular weight excluding hydrogens is 408 g/mol. The van der Waals surface area contributed by atoms with E-state index in [0.717, 1.165) is 44.8 Å². The smallest absolute Gasteiger partial charge is 0.231 e. The normalized spacial score (nSPS) is 18.4. The molecule has 2 heterocycles. The molecule has 1 amide bonds. The number of ether oxygens (including phenoxy) is 1. The molecule has 1 aliphatic carbocycles. The summed E-state index contributed by atoms with van der Waals surface area (Å²) >= 11 is 1.18. The van der Waals surface area contributed by atoms with Crippen LogP contribution in [0.4, 0.5) is 13.9 Å². The Balaban J connectivity index is 0.00000225. The summed E-state index contributed by atoms with van der Waals surface area (Å²) in [7, 11) is 0. The van der Waals surface area contributed by atoms with Gasteiger partial charge in [0.2, 0.25) is 5.91 Å². The van der Waals surface area contributed by atoms with Gasteiger partial charge in [-0.05, 0) is 18.9 Å². The first-order valence-corrected chi connectivity index (χ1v) is 10.3. The molecule has 1 aliphatic heterocycles. The van der Waals surface area contributed by atoms with E-state index in [9.17, 15) is 13.6 Å². The maximum absolute atomic E-state index is 14.1. The van der Waals surface area contributed by atoms with Gasteiger partial charge in [0.05, 0.1) is 17.9 Å². The highest BCUT2D eigenvalue weighted by atomic mass is 35.5. The molecule has 1 aromatic carbocycles. The van der Waals surface area contributed by atoms with Gasteiger partial charge < -0.3 is 4.74 Å². The molecule has 28 heavy (non-hydrogen) atoms. The molecule has 0 radical (unpaired) electrons. The fraction of sp³-hybridized carbons (Fsp3) is 0.579. The number of fused-ring (bicyclic) bond motifs is 1. The quantitative estimate of drug-likeness (QED) is 0.721. The minimum absolute atomic E-state index is 0. The maximum atomic E-state index is 14.1. The van der Waals surface area contributed by atoms with Crippen LogP contribution in [0, 0.1) is 17.6 Å². The molecule has 0 spiro atoms. The van der Waals surface area contributed by atoms with Crippen LogP contribution in [0.5, 0.6) is 0 Å². The van der Waals surface area contributed by atoms with Crippen molar-refractivity contribution >= 4 is 45.0 Å². The molecule has 9 heteroatoms. The largest absolute Gasteiger partial charge is 0.379 e. The van der Waals surface area contributed by atoms with Crippen molar-refractivity contribution in [2.45, 2.75) is 25.7 Å². The highest BCUT2D eigenvalue weighted by Gasteiger charge is 2.30. The number of rotatable bonds is 5. The Morgan fingerprint density at radius 2 is 1.96 bits per heavy atom. The molecule has 1 aromatic heterocycles. The van der Waals surface area contributed by atoms with Crippen molar-refractivity contribution in [1.29, 1.82) is 0 Å². The summed E-state index contributed by atoms with van der Waals surface area (Å²) in [5.74, 6) is -1.25. The molecule has 2 fully saturated rings. The van der Waals surface area contributed by atoms with Gasteiger partial charge in [-0.1, -0.05) is 24.2 Å². The Kier molecular flexibility index (Phi) is 7.20. The molecule has 4 rings (SSSR count). The Morgan fingerprint density at radius 1 is 1.25 bits per heavy atom. The van der Waals surface area contributed by atoms with Crippen LogP contribution in [-0.2, 0) is 9.53 Å². The van der Waals surface area contributed by atoms with Crippen molar-refractivity contribution < 1.29 is 18.3 Å². The lowest BCUT2D eigenvalue weighted by molar-refractivity contribution is -0.122. The van der Waals surface area contributed by atoms with Gasteiger partial charge in [0, 0.05) is 38.2 Å². The highest BCUT2D eigenvalue weighted by molar-refractivity contribution is 7.22. The average Bonchev–Trinajstić information content (AvgIpc) is 3.32. The molecule has 1 saturated carbocycles. The number of aromatic nitrogens is 1. The topological polar surface area (TPSA) is 45.7 Å². The lowest BCUT2D eigenvalue weighted by Gasteiger charge is -2.30. The van der Waals surface area contributed by atoms with Crippen LogP contribution in [0.15, 0.2) is 12.1 Å². The van der Waals surface area contributed by atoms with Crippen LogP contribution >= 0.6 is 23.7 Å². The van der Waals surface area contributed by atoms with Crippen molar-refractivity contribution in [1.82, 2.24) is 9.88 Å². The lowest BCUT2D eigenvalue weighted by Crippen LogP contribution is -2.44. The summed E-state index contributed by atoms with van der Waals surface area (Å²) in [5.41, 5.74) is 0.131. The van der Waals surface area contributed by atoms with E-state index in [1.54, 1.807) is 4.90 Å². The van der Waals surface area contributed by atoms with Gasteiger partial charge in [-0.15, -0.1) is 12.4 Å². The van der Waals surface area contributed by atoms with Crippen LogP contribution < -0.4 is 4.90 Å². The van der Waals surface area contributed by atoms with Crippen LogP contribution in [0.3, 0.4) is 0 Å². The van der Waals surface area contributed by atoms with Crippen LogP contribution in [0.25, 0.3) is 10.2 Å². The number of morpholine rings is 1. The van der Waals surface area contributed by atoms with Crippen LogP contribution in [0.1, 0.15) is 25.7 Å². The standard InChI is InChI=1S/C19H23F2N3O2S.ClH/c20-14-11-15(21)17-16(12-14)27-19(22-17)24(18(25)13-3-1-2-4-13)6-5-23-7-9-26-10-8-23;/h11-13H,1-10H2;1H. The maximum Gasteiger partial charge on any atom is 0.231 e. The third kappa shape index (κ3) is 4.62. The third-order valence-electron chi connectivity index (χ3n) is 5.35. The van der Waals surface area contributed by atoms with E-state index in [-0.39, 0.29) is 29.7 Å². The summed E-state index contributed by atoms with van der Waals surface area (Å²) in [6.45, 7) is 4.29. The number of nitrogens with zero attached hydrogens (tertiary/aromatic N) is 3. The molecule has 0 N–H and O–H groups in total. The number of halogens is 3. The molecule has 0 unspecified atom stereocenters. The minimum Gasteiger partial charge on any atom is -0.379 e. The number of thiazole rings is 1. The molecular formula is C19H24ClF2N3O2S. The van der Waals surface area contributed by atoms with E-state index in [1.807, 2.05) is 0 Å². The zero-order valence-electron chi connectivity index (χ0n) is 15.5. The Morgan fingerprint density at radius 3 is 2.68 bits per heavy atom. The first-order chi connectivity index (χ1) is 13.1. The number of benzene rings is 1. The second-order valence-corrected chi connectivity index (χ2v) is 8.17. The zero-order chi connectivity index (χ0) is 18.8. The van der Waals surface area contributed by atoms with Crippen molar-refractivity contribution in [3.05, 3.63) is 23.8 Å². The predicted molar refractivity (Wildman–Crippen MR) is 108 cm³/mol. The van der Waals surface area contributed by atoms with E-state index < -0.39 is 11.6 Å². The Hall–Kier alpha value is -1.35. The van der Waals surface area contributed by atoms with Gasteiger partial charge in [0.25, 0.3) is 0 Å².